The zero-order valence-corrected chi connectivity index (χ0v) is 14.9. The minimum Gasteiger partial charge on any atom is -0.393 e. The third-order valence-electron chi connectivity index (χ3n) is 8.11. The van der Waals surface area contributed by atoms with E-state index >= 15 is 0 Å². The first-order valence-electron chi connectivity index (χ1n) is 9.40. The van der Waals surface area contributed by atoms with E-state index in [1.807, 2.05) is 6.08 Å². The molecule has 0 aromatic carbocycles. The Balaban J connectivity index is 1.77. The van der Waals surface area contributed by atoms with E-state index in [4.69, 9.17) is 0 Å². The third-order valence-corrected chi connectivity index (χ3v) is 8.11. The number of hydrogen-bond acceptors (Lipinski definition) is 3. The van der Waals surface area contributed by atoms with Crippen molar-refractivity contribution in [1.29, 1.82) is 0 Å². The molecule has 2 fully saturated rings. The van der Waals surface area contributed by atoms with Crippen molar-refractivity contribution in [1.82, 2.24) is 0 Å². The molecule has 0 bridgehead atoms. The van der Waals surface area contributed by atoms with E-state index in [2.05, 4.69) is 26.0 Å². The van der Waals surface area contributed by atoms with E-state index in [-0.39, 0.29) is 28.3 Å². The van der Waals surface area contributed by atoms with Gasteiger partial charge < -0.3 is 5.11 Å². The van der Waals surface area contributed by atoms with Gasteiger partial charge in [-0.15, -0.1) is 0 Å². The van der Waals surface area contributed by atoms with Crippen molar-refractivity contribution in [2.45, 2.75) is 59.0 Å². The van der Waals surface area contributed by atoms with Gasteiger partial charge in [0.05, 0.1) is 6.10 Å². The number of rotatable bonds is 1. The molecule has 0 aromatic heterocycles. The number of carbonyl (C=O) groups is 2. The first-order valence-corrected chi connectivity index (χ1v) is 9.40. The Morgan fingerprint density at radius 2 is 2.00 bits per heavy atom. The Labute approximate surface area is 144 Å². The van der Waals surface area contributed by atoms with E-state index < -0.39 is 6.10 Å². The maximum absolute atomic E-state index is 12.2. The second-order valence-electron chi connectivity index (χ2n) is 8.99. The van der Waals surface area contributed by atoms with Crippen molar-refractivity contribution in [2.24, 2.45) is 34.5 Å². The van der Waals surface area contributed by atoms with Crippen molar-refractivity contribution in [3.63, 3.8) is 0 Å². The van der Waals surface area contributed by atoms with E-state index in [9.17, 15) is 14.7 Å². The van der Waals surface area contributed by atoms with Crippen LogP contribution in [-0.2, 0) is 9.59 Å². The van der Waals surface area contributed by atoms with Crippen LogP contribution in [-0.4, -0.2) is 22.8 Å². The Morgan fingerprint density at radius 1 is 1.25 bits per heavy atom. The summed E-state index contributed by atoms with van der Waals surface area (Å²) < 4.78 is 0. The lowest BCUT2D eigenvalue weighted by atomic mass is 9.47. The molecular weight excluding hydrogens is 300 g/mol. The number of carbonyl (C=O) groups excluding carboxylic acids is 2. The standard InChI is InChI=1S/C21H28O3/c1-12(22)16-6-7-17-15-5-4-13-10-14(23)8-9-20(13,2)18(15)11-19(24)21(16,17)3/h4-5,10,15-19,24H,6-9,11H2,1-3H3/t15-,16+,17-,18-,19?,20-,21+/m0/s1. The number of aliphatic hydroxyl groups excluding tert-OH is 1. The number of Topliss-reactive ketones (excluding diaryl/α,β-unsaturated/α-hetero) is 1. The largest absolute Gasteiger partial charge is 0.393 e. The van der Waals surface area contributed by atoms with Crippen molar-refractivity contribution in [3.8, 4) is 0 Å². The third kappa shape index (κ3) is 1.94. The summed E-state index contributed by atoms with van der Waals surface area (Å²) >= 11 is 0. The molecule has 3 nitrogen and oxygen atoms in total. The number of aliphatic hydroxyl groups is 1. The molecule has 24 heavy (non-hydrogen) atoms. The lowest BCUT2D eigenvalue weighted by Gasteiger charge is -2.57. The molecule has 1 N–H and O–H groups in total. The van der Waals surface area contributed by atoms with Gasteiger partial charge in [0, 0.05) is 17.8 Å². The zero-order chi connectivity index (χ0) is 17.3. The van der Waals surface area contributed by atoms with Crippen LogP contribution in [0.1, 0.15) is 52.9 Å². The SMILES string of the molecule is CC(=O)[C@H]1CC[C@H]2[C@@H]3C=CC4=CC(=O)CC[C@]4(C)[C@H]3CC(O)[C@]12C. The molecule has 4 rings (SSSR count). The van der Waals surface area contributed by atoms with Crippen LogP contribution in [0.2, 0.25) is 0 Å². The topological polar surface area (TPSA) is 54.4 Å². The van der Waals surface area contributed by atoms with Crippen LogP contribution in [0.3, 0.4) is 0 Å². The molecule has 0 radical (unpaired) electrons. The minimum atomic E-state index is -0.428. The summed E-state index contributed by atoms with van der Waals surface area (Å²) in [7, 11) is 0. The maximum Gasteiger partial charge on any atom is 0.156 e. The molecule has 7 atom stereocenters. The van der Waals surface area contributed by atoms with Gasteiger partial charge in [-0.25, -0.2) is 0 Å². The van der Waals surface area contributed by atoms with Crippen molar-refractivity contribution >= 4 is 11.6 Å². The Bertz CT molecular complexity index is 660. The maximum atomic E-state index is 12.2. The average Bonchev–Trinajstić information content (AvgIpc) is 2.88. The highest BCUT2D eigenvalue weighted by molar-refractivity contribution is 5.92. The van der Waals surface area contributed by atoms with Crippen molar-refractivity contribution in [2.75, 3.05) is 0 Å². The smallest absolute Gasteiger partial charge is 0.156 e. The number of allylic oxidation sites excluding steroid dienone is 4. The molecule has 0 saturated heterocycles. The molecule has 4 aliphatic carbocycles. The van der Waals surface area contributed by atoms with Crippen LogP contribution in [0.4, 0.5) is 0 Å². The van der Waals surface area contributed by atoms with Crippen LogP contribution in [0.25, 0.3) is 0 Å². The first-order chi connectivity index (χ1) is 11.3. The van der Waals surface area contributed by atoms with Crippen molar-refractivity contribution in [3.05, 3.63) is 23.8 Å². The Hall–Kier alpha value is -1.22. The molecule has 3 heteroatoms. The average molecular weight is 328 g/mol. The van der Waals surface area contributed by atoms with Gasteiger partial charge in [0.15, 0.2) is 5.78 Å². The molecule has 0 aromatic rings. The molecule has 1 unspecified atom stereocenters. The molecule has 0 aliphatic heterocycles. The van der Waals surface area contributed by atoms with Crippen LogP contribution in [0, 0.1) is 34.5 Å². The zero-order valence-electron chi connectivity index (χ0n) is 14.9. The highest BCUT2D eigenvalue weighted by atomic mass is 16.3. The fourth-order valence-electron chi connectivity index (χ4n) is 6.63. The summed E-state index contributed by atoms with van der Waals surface area (Å²) in [6, 6.07) is 0. The van der Waals surface area contributed by atoms with E-state index in [0.717, 1.165) is 31.3 Å². The van der Waals surface area contributed by atoms with Gasteiger partial charge in [-0.05, 0) is 67.4 Å². The van der Waals surface area contributed by atoms with Gasteiger partial charge in [-0.1, -0.05) is 26.0 Å². The number of hydrogen-bond donors (Lipinski definition) is 1. The normalized spacial score (nSPS) is 49.9. The van der Waals surface area contributed by atoms with Gasteiger partial charge >= 0.3 is 0 Å². The number of ketones is 2. The molecule has 130 valence electrons. The molecule has 0 spiro atoms. The monoisotopic (exact) mass is 328 g/mol. The highest BCUT2D eigenvalue weighted by Gasteiger charge is 2.62. The quantitative estimate of drug-likeness (QED) is 0.802. The second-order valence-corrected chi connectivity index (χ2v) is 8.99. The van der Waals surface area contributed by atoms with Gasteiger partial charge in [0.1, 0.15) is 5.78 Å². The van der Waals surface area contributed by atoms with Crippen LogP contribution in [0.15, 0.2) is 23.8 Å². The van der Waals surface area contributed by atoms with Gasteiger partial charge in [-0.3, -0.25) is 9.59 Å². The minimum absolute atomic E-state index is 0.00970. The summed E-state index contributed by atoms with van der Waals surface area (Å²) in [5.74, 6) is 1.60. The van der Waals surface area contributed by atoms with Crippen LogP contribution in [0.5, 0.6) is 0 Å². The summed E-state index contributed by atoms with van der Waals surface area (Å²) in [6.45, 7) is 6.10. The predicted octanol–water partition coefficient (Wildman–Crippen LogP) is 3.47. The van der Waals surface area contributed by atoms with E-state index in [0.29, 0.717) is 24.2 Å². The molecular formula is C21H28O3. The lowest BCUT2D eigenvalue weighted by molar-refractivity contribution is -0.141. The van der Waals surface area contributed by atoms with Gasteiger partial charge in [0.25, 0.3) is 0 Å². The molecule has 2 saturated carbocycles. The second kappa shape index (κ2) is 5.14. The Morgan fingerprint density at radius 3 is 2.71 bits per heavy atom. The summed E-state index contributed by atoms with van der Waals surface area (Å²) in [4.78, 5) is 24.0. The Kier molecular flexibility index (Phi) is 3.48. The fourth-order valence-corrected chi connectivity index (χ4v) is 6.63. The van der Waals surface area contributed by atoms with Crippen molar-refractivity contribution < 1.29 is 14.7 Å². The number of fused-ring (bicyclic) bond motifs is 5. The molecule has 0 heterocycles. The van der Waals surface area contributed by atoms with E-state index in [1.165, 1.54) is 0 Å². The predicted molar refractivity (Wildman–Crippen MR) is 92.2 cm³/mol. The summed E-state index contributed by atoms with van der Waals surface area (Å²) in [5.41, 5.74) is 0.848. The highest BCUT2D eigenvalue weighted by Crippen LogP contribution is 2.65. The molecule has 4 aliphatic rings. The molecule has 0 amide bonds. The van der Waals surface area contributed by atoms with Gasteiger partial charge in [0.2, 0.25) is 0 Å². The van der Waals surface area contributed by atoms with Crippen LogP contribution < -0.4 is 0 Å². The fraction of sp³-hybridized carbons (Fsp3) is 0.714. The first kappa shape index (κ1) is 16.3. The summed E-state index contributed by atoms with van der Waals surface area (Å²) in [6.07, 6.45) is 10.0. The van der Waals surface area contributed by atoms with Gasteiger partial charge in [-0.2, -0.15) is 0 Å². The van der Waals surface area contributed by atoms with Crippen LogP contribution >= 0.6 is 0 Å². The lowest BCUT2D eigenvalue weighted by Crippen LogP contribution is -2.56. The van der Waals surface area contributed by atoms with E-state index in [1.54, 1.807) is 6.92 Å². The summed E-state index contributed by atoms with van der Waals surface area (Å²) in [5, 5.41) is 11.1.